The first-order valence-corrected chi connectivity index (χ1v) is 11.7. The van der Waals surface area contributed by atoms with Crippen LogP contribution in [0.15, 0.2) is 47.4 Å². The topological polar surface area (TPSA) is 70.6 Å². The van der Waals surface area contributed by atoms with E-state index in [9.17, 15) is 17.6 Å². The van der Waals surface area contributed by atoms with Crippen LogP contribution >= 0.6 is 11.3 Å². The zero-order valence-electron chi connectivity index (χ0n) is 16.4. The molecule has 154 valence electrons. The molecule has 0 N–H and O–H groups in total. The highest BCUT2D eigenvalue weighted by atomic mass is 32.2. The monoisotopic (exact) mass is 435 g/mol. The van der Waals surface area contributed by atoms with E-state index >= 15 is 0 Å². The van der Waals surface area contributed by atoms with Crippen molar-refractivity contribution in [3.63, 3.8) is 0 Å². The van der Waals surface area contributed by atoms with Gasteiger partial charge < -0.3 is 4.90 Å². The van der Waals surface area contributed by atoms with Gasteiger partial charge in [-0.15, -0.1) is 0 Å². The summed E-state index contributed by atoms with van der Waals surface area (Å²) in [5.41, 5.74) is 0.473. The Bertz CT molecular complexity index is 1140. The van der Waals surface area contributed by atoms with E-state index in [2.05, 4.69) is 4.98 Å². The number of carbonyl (C=O) groups excluding carboxylic acids is 1. The zero-order chi connectivity index (χ0) is 21.2. The third kappa shape index (κ3) is 4.98. The summed E-state index contributed by atoms with van der Waals surface area (Å²) in [6, 6.07) is 10.6. The van der Waals surface area contributed by atoms with Gasteiger partial charge in [0.15, 0.2) is 15.0 Å². The quantitative estimate of drug-likeness (QED) is 0.569. The lowest BCUT2D eigenvalue weighted by molar-refractivity contribution is 0.0986. The van der Waals surface area contributed by atoms with Gasteiger partial charge in [-0.25, -0.2) is 17.8 Å². The van der Waals surface area contributed by atoms with E-state index in [0.717, 1.165) is 12.8 Å². The predicted molar refractivity (Wildman–Crippen MR) is 114 cm³/mol. The molecule has 0 aliphatic carbocycles. The van der Waals surface area contributed by atoms with Crippen molar-refractivity contribution in [3.8, 4) is 0 Å². The van der Waals surface area contributed by atoms with E-state index in [1.807, 2.05) is 19.0 Å². The number of aromatic nitrogens is 1. The van der Waals surface area contributed by atoms with E-state index in [1.165, 1.54) is 34.4 Å². The normalized spacial score (nSPS) is 11.9. The number of fused-ring (bicyclic) bond motifs is 1. The summed E-state index contributed by atoms with van der Waals surface area (Å²) in [4.78, 5) is 21.2. The Morgan fingerprint density at radius 1 is 1.14 bits per heavy atom. The fraction of sp³-hybridized carbons (Fsp3) is 0.300. The average Bonchev–Trinajstić information content (AvgIpc) is 3.09. The predicted octanol–water partition coefficient (Wildman–Crippen LogP) is 3.44. The van der Waals surface area contributed by atoms with Crippen LogP contribution in [-0.2, 0) is 9.84 Å². The van der Waals surface area contributed by atoms with Gasteiger partial charge in [-0.1, -0.05) is 23.5 Å². The number of hydrogen-bond donors (Lipinski definition) is 0. The Hall–Kier alpha value is -2.36. The third-order valence-corrected chi connectivity index (χ3v) is 6.48. The number of benzene rings is 2. The molecule has 0 atom stereocenters. The Morgan fingerprint density at radius 2 is 1.86 bits per heavy atom. The van der Waals surface area contributed by atoms with Crippen LogP contribution in [0, 0.1) is 5.82 Å². The molecule has 3 aromatic rings. The standard InChI is InChI=1S/C20H22FN3O3S2/c1-23(2)11-6-12-24(20-22-18-16(21)9-5-10-17(18)28-20)19(25)14-7-4-8-15(13-14)29(3,26)27/h4-5,7-10,13H,6,11-12H2,1-3H3. The van der Waals surface area contributed by atoms with Gasteiger partial charge in [-0.3, -0.25) is 9.69 Å². The molecule has 2 aromatic carbocycles. The Kier molecular flexibility index (Phi) is 6.30. The molecule has 0 bridgehead atoms. The molecule has 0 saturated carbocycles. The van der Waals surface area contributed by atoms with Crippen LogP contribution in [0.5, 0.6) is 0 Å². The van der Waals surface area contributed by atoms with Gasteiger partial charge in [0.2, 0.25) is 0 Å². The molecule has 0 saturated heterocycles. The van der Waals surface area contributed by atoms with Crippen LogP contribution in [0.4, 0.5) is 9.52 Å². The number of hydrogen-bond acceptors (Lipinski definition) is 6. The second-order valence-corrected chi connectivity index (χ2v) is 10.0. The minimum absolute atomic E-state index is 0.0759. The van der Waals surface area contributed by atoms with E-state index in [0.29, 0.717) is 22.8 Å². The average molecular weight is 436 g/mol. The van der Waals surface area contributed by atoms with Crippen molar-refractivity contribution in [2.75, 3.05) is 38.3 Å². The molecule has 1 amide bonds. The number of amides is 1. The van der Waals surface area contributed by atoms with Crippen LogP contribution in [0.25, 0.3) is 10.2 Å². The van der Waals surface area contributed by atoms with Gasteiger partial charge in [0.25, 0.3) is 5.91 Å². The van der Waals surface area contributed by atoms with Gasteiger partial charge in [-0.2, -0.15) is 0 Å². The summed E-state index contributed by atoms with van der Waals surface area (Å²) < 4.78 is 38.5. The highest BCUT2D eigenvalue weighted by Gasteiger charge is 2.23. The number of anilines is 1. The maximum atomic E-state index is 14.1. The Morgan fingerprint density at radius 3 is 2.52 bits per heavy atom. The van der Waals surface area contributed by atoms with E-state index in [4.69, 9.17) is 0 Å². The number of rotatable bonds is 7. The highest BCUT2D eigenvalue weighted by molar-refractivity contribution is 7.90. The lowest BCUT2D eigenvalue weighted by atomic mass is 10.2. The van der Waals surface area contributed by atoms with Crippen molar-refractivity contribution in [2.45, 2.75) is 11.3 Å². The smallest absolute Gasteiger partial charge is 0.260 e. The molecular formula is C20H22FN3O3S2. The maximum absolute atomic E-state index is 14.1. The fourth-order valence-corrected chi connectivity index (χ4v) is 4.53. The number of nitrogens with zero attached hydrogens (tertiary/aromatic N) is 3. The second-order valence-electron chi connectivity index (χ2n) is 7.00. The number of carbonyl (C=O) groups is 1. The van der Waals surface area contributed by atoms with Gasteiger partial charge >= 0.3 is 0 Å². The van der Waals surface area contributed by atoms with Crippen molar-refractivity contribution >= 4 is 42.4 Å². The number of halogens is 1. The minimum atomic E-state index is -3.44. The number of thiazole rings is 1. The molecule has 29 heavy (non-hydrogen) atoms. The second kappa shape index (κ2) is 8.56. The molecule has 9 heteroatoms. The number of sulfone groups is 1. The first kappa shape index (κ1) is 21.4. The summed E-state index contributed by atoms with van der Waals surface area (Å²) >= 11 is 1.23. The van der Waals surface area contributed by atoms with Crippen molar-refractivity contribution in [3.05, 3.63) is 53.8 Å². The van der Waals surface area contributed by atoms with E-state index in [1.54, 1.807) is 24.3 Å². The fourth-order valence-electron chi connectivity index (χ4n) is 2.86. The Labute approximate surface area is 173 Å². The SMILES string of the molecule is CN(C)CCCN(C(=O)c1cccc(S(C)(=O)=O)c1)c1nc2c(F)cccc2s1. The van der Waals surface area contributed by atoms with E-state index in [-0.39, 0.29) is 21.9 Å². The van der Waals surface area contributed by atoms with Crippen molar-refractivity contribution < 1.29 is 17.6 Å². The lowest BCUT2D eigenvalue weighted by Gasteiger charge is -2.21. The van der Waals surface area contributed by atoms with Crippen molar-refractivity contribution in [2.24, 2.45) is 0 Å². The molecule has 0 spiro atoms. The molecule has 1 aromatic heterocycles. The first-order chi connectivity index (χ1) is 13.7. The summed E-state index contributed by atoms with van der Waals surface area (Å²) in [7, 11) is 0.435. The highest BCUT2D eigenvalue weighted by Crippen LogP contribution is 2.31. The molecule has 0 unspecified atom stereocenters. The van der Waals surface area contributed by atoms with Crippen LogP contribution in [0.1, 0.15) is 16.8 Å². The number of para-hydroxylation sites is 1. The third-order valence-electron chi connectivity index (χ3n) is 4.33. The zero-order valence-corrected chi connectivity index (χ0v) is 18.1. The lowest BCUT2D eigenvalue weighted by Crippen LogP contribution is -2.33. The molecule has 1 heterocycles. The van der Waals surface area contributed by atoms with Crippen LogP contribution in [-0.4, -0.2) is 57.6 Å². The van der Waals surface area contributed by atoms with Gasteiger partial charge in [0, 0.05) is 18.4 Å². The largest absolute Gasteiger partial charge is 0.309 e. The molecule has 0 aliphatic rings. The van der Waals surface area contributed by atoms with Crippen molar-refractivity contribution in [1.29, 1.82) is 0 Å². The molecule has 0 fully saturated rings. The van der Waals surface area contributed by atoms with Gasteiger partial charge in [0.1, 0.15) is 11.3 Å². The maximum Gasteiger partial charge on any atom is 0.260 e. The first-order valence-electron chi connectivity index (χ1n) is 8.98. The summed E-state index contributed by atoms with van der Waals surface area (Å²) in [5.74, 6) is -0.807. The summed E-state index contributed by atoms with van der Waals surface area (Å²) in [6.07, 6.45) is 1.78. The molecule has 0 aliphatic heterocycles. The Balaban J connectivity index is 2.00. The minimum Gasteiger partial charge on any atom is -0.309 e. The van der Waals surface area contributed by atoms with E-state index < -0.39 is 15.7 Å². The van der Waals surface area contributed by atoms with Gasteiger partial charge in [0.05, 0.1) is 9.60 Å². The summed E-state index contributed by atoms with van der Waals surface area (Å²) in [6.45, 7) is 1.13. The molecule has 0 radical (unpaired) electrons. The van der Waals surface area contributed by atoms with Gasteiger partial charge in [-0.05, 0) is 57.4 Å². The molecule has 3 rings (SSSR count). The molecular weight excluding hydrogens is 413 g/mol. The molecule has 6 nitrogen and oxygen atoms in total. The van der Waals surface area contributed by atoms with Crippen LogP contribution in [0.2, 0.25) is 0 Å². The van der Waals surface area contributed by atoms with Crippen LogP contribution < -0.4 is 4.90 Å². The van der Waals surface area contributed by atoms with Crippen LogP contribution in [0.3, 0.4) is 0 Å². The van der Waals surface area contributed by atoms with Crippen molar-refractivity contribution in [1.82, 2.24) is 9.88 Å². The summed E-state index contributed by atoms with van der Waals surface area (Å²) in [5, 5.41) is 0.388.